The minimum Gasteiger partial charge on any atom is -0.458 e. The first-order chi connectivity index (χ1) is 4.89. The average Bonchev–Trinajstić information content (AvgIpc) is 1.87. The Morgan fingerprint density at radius 1 is 1.55 bits per heavy atom. The molecule has 0 rings (SSSR count). The number of carbonyl (C=O) groups excluding carboxylic acids is 1. The fourth-order valence-corrected chi connectivity index (χ4v) is 0.478. The summed E-state index contributed by atoms with van der Waals surface area (Å²) in [6.45, 7) is 5.53. The first-order valence-electron chi connectivity index (χ1n) is 3.40. The molecule has 4 heteroatoms. The van der Waals surface area contributed by atoms with Crippen LogP contribution in [0.4, 0.5) is 0 Å². The lowest BCUT2D eigenvalue weighted by Gasteiger charge is -2.23. The van der Waals surface area contributed by atoms with E-state index in [4.69, 9.17) is 27.9 Å². The number of ether oxygens (including phenoxy) is 1. The molecule has 0 spiro atoms. The Morgan fingerprint density at radius 2 is 2.00 bits per heavy atom. The fraction of sp³-hybridized carbons (Fsp3) is 0.857. The fourth-order valence-electron chi connectivity index (χ4n) is 0.389. The SMILES string of the molecule is CCC(C)(C)OC(=O)C(Cl)Cl. The molecule has 0 heterocycles. The number of hydrogen-bond acceptors (Lipinski definition) is 2. The normalized spacial score (nSPS) is 11.8. The molecule has 0 amide bonds. The Morgan fingerprint density at radius 3 is 2.27 bits per heavy atom. The minimum absolute atomic E-state index is 0.473. The summed E-state index contributed by atoms with van der Waals surface area (Å²) < 4.78 is 4.95. The van der Waals surface area contributed by atoms with Crippen molar-refractivity contribution >= 4 is 29.2 Å². The number of carbonyl (C=O) groups is 1. The maximum Gasteiger partial charge on any atom is 0.339 e. The van der Waals surface area contributed by atoms with Gasteiger partial charge in [0.2, 0.25) is 4.84 Å². The van der Waals surface area contributed by atoms with E-state index in [2.05, 4.69) is 0 Å². The van der Waals surface area contributed by atoms with Crippen molar-refractivity contribution in [3.05, 3.63) is 0 Å². The van der Waals surface area contributed by atoms with Crippen LogP contribution in [-0.2, 0) is 9.53 Å². The molecule has 11 heavy (non-hydrogen) atoms. The van der Waals surface area contributed by atoms with Crippen molar-refractivity contribution in [1.29, 1.82) is 0 Å². The second-order valence-corrected chi connectivity index (χ2v) is 3.93. The van der Waals surface area contributed by atoms with E-state index in [9.17, 15) is 4.79 Å². The van der Waals surface area contributed by atoms with E-state index in [1.165, 1.54) is 0 Å². The number of alkyl halides is 2. The smallest absolute Gasteiger partial charge is 0.339 e. The monoisotopic (exact) mass is 198 g/mol. The summed E-state index contributed by atoms with van der Waals surface area (Å²) in [7, 11) is 0. The highest BCUT2D eigenvalue weighted by Crippen LogP contribution is 2.16. The molecule has 0 aromatic carbocycles. The summed E-state index contributed by atoms with van der Waals surface area (Å²) in [5.74, 6) is -0.583. The van der Waals surface area contributed by atoms with Crippen molar-refractivity contribution in [2.24, 2.45) is 0 Å². The van der Waals surface area contributed by atoms with E-state index in [-0.39, 0.29) is 0 Å². The van der Waals surface area contributed by atoms with E-state index in [1.807, 2.05) is 6.92 Å². The zero-order chi connectivity index (χ0) is 9.07. The van der Waals surface area contributed by atoms with E-state index >= 15 is 0 Å². The average molecular weight is 199 g/mol. The Hall–Kier alpha value is 0.0500. The molecule has 0 fully saturated rings. The van der Waals surface area contributed by atoms with Gasteiger partial charge < -0.3 is 4.74 Å². The lowest BCUT2D eigenvalue weighted by Crippen LogP contribution is -2.29. The maximum absolute atomic E-state index is 10.8. The Bertz CT molecular complexity index is 143. The van der Waals surface area contributed by atoms with Crippen molar-refractivity contribution in [2.75, 3.05) is 0 Å². The van der Waals surface area contributed by atoms with Gasteiger partial charge in [-0.3, -0.25) is 0 Å². The molecule has 0 radical (unpaired) electrons. The van der Waals surface area contributed by atoms with Crippen LogP contribution in [0, 0.1) is 0 Å². The third kappa shape index (κ3) is 4.49. The molecule has 0 aliphatic rings. The predicted molar refractivity (Wildman–Crippen MR) is 46.0 cm³/mol. The molecule has 2 nitrogen and oxygen atoms in total. The zero-order valence-electron chi connectivity index (χ0n) is 6.86. The number of hydrogen-bond donors (Lipinski definition) is 0. The van der Waals surface area contributed by atoms with Crippen molar-refractivity contribution in [1.82, 2.24) is 0 Å². The van der Waals surface area contributed by atoms with Gasteiger partial charge in [0.15, 0.2) is 0 Å². The summed E-state index contributed by atoms with van der Waals surface area (Å²) in [5.41, 5.74) is -0.473. The molecule has 0 aromatic rings. The third-order valence-electron chi connectivity index (χ3n) is 1.41. The Labute approximate surface area is 76.8 Å². The van der Waals surface area contributed by atoms with E-state index in [0.717, 1.165) is 6.42 Å². The summed E-state index contributed by atoms with van der Waals surface area (Å²) in [4.78, 5) is 9.75. The van der Waals surface area contributed by atoms with E-state index in [0.29, 0.717) is 0 Å². The van der Waals surface area contributed by atoms with Gasteiger partial charge in [-0.05, 0) is 20.3 Å². The van der Waals surface area contributed by atoms with Crippen molar-refractivity contribution < 1.29 is 9.53 Å². The maximum atomic E-state index is 10.8. The van der Waals surface area contributed by atoms with E-state index < -0.39 is 16.4 Å². The highest BCUT2D eigenvalue weighted by molar-refractivity contribution is 6.52. The van der Waals surface area contributed by atoms with Crippen LogP contribution in [0.25, 0.3) is 0 Å². The lowest BCUT2D eigenvalue weighted by molar-refractivity contribution is -0.154. The van der Waals surface area contributed by atoms with Crippen LogP contribution in [0.2, 0.25) is 0 Å². The summed E-state index contributed by atoms with van der Waals surface area (Å²) in [6, 6.07) is 0. The highest BCUT2D eigenvalue weighted by Gasteiger charge is 2.23. The first kappa shape index (κ1) is 11.1. The second-order valence-electron chi connectivity index (χ2n) is 2.84. The molecule has 0 N–H and O–H groups in total. The molecular formula is C7H12Cl2O2. The minimum atomic E-state index is -1.08. The van der Waals surface area contributed by atoms with Crippen LogP contribution in [0.1, 0.15) is 27.2 Å². The topological polar surface area (TPSA) is 26.3 Å². The zero-order valence-corrected chi connectivity index (χ0v) is 8.37. The van der Waals surface area contributed by atoms with Crippen molar-refractivity contribution in [2.45, 2.75) is 37.6 Å². The molecule has 0 saturated carbocycles. The quantitative estimate of drug-likeness (QED) is 0.515. The lowest BCUT2D eigenvalue weighted by atomic mass is 10.1. The van der Waals surface area contributed by atoms with Crippen molar-refractivity contribution in [3.8, 4) is 0 Å². The van der Waals surface area contributed by atoms with Gasteiger partial charge in [-0.15, -0.1) is 0 Å². The molecule has 66 valence electrons. The second kappa shape index (κ2) is 4.17. The summed E-state index contributed by atoms with van der Waals surface area (Å²) >= 11 is 10.6. The van der Waals surface area contributed by atoms with Gasteiger partial charge in [0.05, 0.1) is 0 Å². The molecule has 0 aliphatic carbocycles. The molecule has 0 bridgehead atoms. The van der Waals surface area contributed by atoms with Crippen LogP contribution < -0.4 is 0 Å². The number of halogens is 2. The Kier molecular flexibility index (Phi) is 4.19. The molecular weight excluding hydrogens is 187 g/mol. The van der Waals surface area contributed by atoms with Gasteiger partial charge in [0.25, 0.3) is 0 Å². The van der Waals surface area contributed by atoms with Crippen LogP contribution >= 0.6 is 23.2 Å². The van der Waals surface area contributed by atoms with Gasteiger partial charge >= 0.3 is 5.97 Å². The third-order valence-corrected chi connectivity index (χ3v) is 1.76. The molecule has 0 aromatic heterocycles. The van der Waals surface area contributed by atoms with Crippen LogP contribution in [-0.4, -0.2) is 16.4 Å². The molecule has 0 atom stereocenters. The van der Waals surface area contributed by atoms with Gasteiger partial charge in [-0.25, -0.2) is 4.79 Å². The van der Waals surface area contributed by atoms with Gasteiger partial charge in [0, 0.05) is 0 Å². The van der Waals surface area contributed by atoms with Crippen LogP contribution in [0.3, 0.4) is 0 Å². The van der Waals surface area contributed by atoms with Gasteiger partial charge in [-0.1, -0.05) is 30.1 Å². The van der Waals surface area contributed by atoms with Crippen LogP contribution in [0.15, 0.2) is 0 Å². The van der Waals surface area contributed by atoms with Gasteiger partial charge in [-0.2, -0.15) is 0 Å². The van der Waals surface area contributed by atoms with Crippen molar-refractivity contribution in [3.63, 3.8) is 0 Å². The highest BCUT2D eigenvalue weighted by atomic mass is 35.5. The number of esters is 1. The standard InChI is InChI=1S/C7H12Cl2O2/c1-4-7(2,3)11-6(10)5(8)9/h5H,4H2,1-3H3. The summed E-state index contributed by atoms with van der Waals surface area (Å²) in [6.07, 6.45) is 0.735. The largest absolute Gasteiger partial charge is 0.458 e. The number of rotatable bonds is 3. The molecule has 0 aliphatic heterocycles. The van der Waals surface area contributed by atoms with E-state index in [1.54, 1.807) is 13.8 Å². The van der Waals surface area contributed by atoms with Crippen LogP contribution in [0.5, 0.6) is 0 Å². The predicted octanol–water partition coefficient (Wildman–Crippen LogP) is 2.52. The Balaban J connectivity index is 3.94. The van der Waals surface area contributed by atoms with Gasteiger partial charge in [0.1, 0.15) is 5.60 Å². The molecule has 0 saturated heterocycles. The summed E-state index contributed by atoms with van der Waals surface area (Å²) in [5, 5.41) is 0. The first-order valence-corrected chi connectivity index (χ1v) is 4.27. The molecule has 0 unspecified atom stereocenters.